The molecule has 3 aromatic rings. The number of nitrogens with zero attached hydrogens (tertiary/aromatic N) is 1. The van der Waals surface area contributed by atoms with Crippen LogP contribution >= 0.6 is 11.6 Å². The van der Waals surface area contributed by atoms with Gasteiger partial charge in [-0.2, -0.15) is 0 Å². The first-order valence-corrected chi connectivity index (χ1v) is 12.8. The van der Waals surface area contributed by atoms with Crippen LogP contribution < -0.4 is 4.72 Å². The van der Waals surface area contributed by atoms with E-state index >= 15 is 0 Å². The van der Waals surface area contributed by atoms with Crippen LogP contribution in [-0.2, 0) is 21.2 Å². The number of sulfonamides is 1. The van der Waals surface area contributed by atoms with E-state index in [1.165, 1.54) is 24.3 Å². The van der Waals surface area contributed by atoms with Crippen LogP contribution in [0.2, 0.25) is 5.02 Å². The zero-order valence-corrected chi connectivity index (χ0v) is 20.2. The first-order valence-electron chi connectivity index (χ1n) is 11.0. The molecule has 0 aliphatic carbocycles. The average Bonchev–Trinajstić information content (AvgIpc) is 2.82. The summed E-state index contributed by atoms with van der Waals surface area (Å²) in [6.45, 7) is 0.232. The van der Waals surface area contributed by atoms with E-state index in [0.717, 1.165) is 29.5 Å². The van der Waals surface area contributed by atoms with Gasteiger partial charge >= 0.3 is 5.97 Å². The SMILES string of the molecule is O=C(O)C(CCCC=Cc1cccnc1)c1ccc(CCNS(=O)(=O)c2ccc(Cl)cc2)cc1. The largest absolute Gasteiger partial charge is 0.481 e. The van der Waals surface area contributed by atoms with Crippen molar-refractivity contribution in [3.63, 3.8) is 0 Å². The van der Waals surface area contributed by atoms with E-state index < -0.39 is 21.9 Å². The smallest absolute Gasteiger partial charge is 0.310 e. The Morgan fingerprint density at radius 2 is 1.82 bits per heavy atom. The van der Waals surface area contributed by atoms with Crippen LogP contribution in [0.4, 0.5) is 0 Å². The monoisotopic (exact) mass is 498 g/mol. The molecule has 0 saturated heterocycles. The number of pyridine rings is 1. The first-order chi connectivity index (χ1) is 16.3. The number of carboxylic acid groups (broad SMARTS) is 1. The van der Waals surface area contributed by atoms with Crippen LogP contribution in [0, 0.1) is 0 Å². The molecule has 0 radical (unpaired) electrons. The molecule has 2 aromatic carbocycles. The number of carboxylic acids is 1. The molecule has 1 heterocycles. The van der Waals surface area contributed by atoms with Crippen molar-refractivity contribution in [2.75, 3.05) is 6.54 Å². The minimum Gasteiger partial charge on any atom is -0.481 e. The number of aromatic nitrogens is 1. The summed E-state index contributed by atoms with van der Waals surface area (Å²) in [5.41, 5.74) is 2.68. The molecule has 0 bridgehead atoms. The van der Waals surface area contributed by atoms with Crippen molar-refractivity contribution in [2.24, 2.45) is 0 Å². The summed E-state index contributed by atoms with van der Waals surface area (Å²) in [5, 5.41) is 10.1. The van der Waals surface area contributed by atoms with E-state index in [4.69, 9.17) is 11.6 Å². The summed E-state index contributed by atoms with van der Waals surface area (Å²) in [6.07, 6.45) is 10.1. The van der Waals surface area contributed by atoms with Gasteiger partial charge in [0.1, 0.15) is 0 Å². The fraction of sp³-hybridized carbons (Fsp3) is 0.231. The van der Waals surface area contributed by atoms with Gasteiger partial charge < -0.3 is 5.11 Å². The van der Waals surface area contributed by atoms with Crippen molar-refractivity contribution in [2.45, 2.75) is 36.5 Å². The predicted octanol–water partition coefficient (Wildman–Crippen LogP) is 5.31. The zero-order chi connectivity index (χ0) is 24.4. The number of aliphatic carboxylic acids is 1. The van der Waals surface area contributed by atoms with Crippen molar-refractivity contribution in [3.8, 4) is 0 Å². The Morgan fingerprint density at radius 3 is 2.47 bits per heavy atom. The highest BCUT2D eigenvalue weighted by Crippen LogP contribution is 2.23. The van der Waals surface area contributed by atoms with Gasteiger partial charge in [0.15, 0.2) is 0 Å². The molecule has 6 nitrogen and oxygen atoms in total. The molecule has 1 unspecified atom stereocenters. The number of carbonyl (C=O) groups is 1. The Labute approximate surface area is 205 Å². The van der Waals surface area contributed by atoms with E-state index in [-0.39, 0.29) is 11.4 Å². The number of allylic oxidation sites excluding steroid dienone is 1. The maximum absolute atomic E-state index is 12.4. The van der Waals surface area contributed by atoms with Gasteiger partial charge in [0.25, 0.3) is 0 Å². The maximum Gasteiger partial charge on any atom is 0.310 e. The lowest BCUT2D eigenvalue weighted by molar-refractivity contribution is -0.139. The standard InChI is InChI=1S/C26H27ClN2O4S/c27-23-12-14-24(15-13-23)34(32,33)29-18-16-20-8-10-22(11-9-20)25(26(30)31)7-3-1-2-5-21-6-4-17-28-19-21/h2,4-6,8-15,17,19,25,29H,1,3,7,16,18H2,(H,30,31). The van der Waals surface area contributed by atoms with Crippen molar-refractivity contribution in [1.29, 1.82) is 0 Å². The fourth-order valence-corrected chi connectivity index (χ4v) is 4.67. The van der Waals surface area contributed by atoms with Crippen LogP contribution in [-0.4, -0.2) is 31.0 Å². The Hall–Kier alpha value is -3.00. The van der Waals surface area contributed by atoms with Crippen LogP contribution in [0.5, 0.6) is 0 Å². The van der Waals surface area contributed by atoms with Gasteiger partial charge in [-0.15, -0.1) is 0 Å². The van der Waals surface area contributed by atoms with Crippen molar-refractivity contribution < 1.29 is 18.3 Å². The summed E-state index contributed by atoms with van der Waals surface area (Å²) < 4.78 is 27.3. The first kappa shape index (κ1) is 25.6. The molecule has 1 aromatic heterocycles. The summed E-state index contributed by atoms with van der Waals surface area (Å²) in [4.78, 5) is 16.0. The van der Waals surface area contributed by atoms with Crippen LogP contribution in [0.15, 0.2) is 84.0 Å². The molecule has 0 aliphatic heterocycles. The molecule has 0 amide bonds. The predicted molar refractivity (Wildman–Crippen MR) is 134 cm³/mol. The second kappa shape index (κ2) is 12.5. The number of nitrogens with one attached hydrogen (secondary N) is 1. The van der Waals surface area contributed by atoms with Crippen molar-refractivity contribution in [3.05, 3.63) is 101 Å². The number of halogens is 1. The highest BCUT2D eigenvalue weighted by molar-refractivity contribution is 7.89. The third kappa shape index (κ3) is 7.80. The van der Waals surface area contributed by atoms with Crippen molar-refractivity contribution >= 4 is 33.7 Å². The van der Waals surface area contributed by atoms with Crippen LogP contribution in [0.3, 0.4) is 0 Å². The molecule has 0 spiro atoms. The Kier molecular flexibility index (Phi) is 9.39. The molecule has 8 heteroatoms. The van der Waals surface area contributed by atoms with E-state index in [0.29, 0.717) is 17.9 Å². The van der Waals surface area contributed by atoms with Gasteiger partial charge in [-0.3, -0.25) is 9.78 Å². The highest BCUT2D eigenvalue weighted by atomic mass is 35.5. The summed E-state index contributed by atoms with van der Waals surface area (Å²) in [7, 11) is -3.61. The lowest BCUT2D eigenvalue weighted by atomic mass is 9.92. The third-order valence-corrected chi connectivity index (χ3v) is 7.10. The maximum atomic E-state index is 12.4. The third-order valence-electron chi connectivity index (χ3n) is 5.37. The Bertz CT molecular complexity index is 1200. The Balaban J connectivity index is 1.49. The zero-order valence-electron chi connectivity index (χ0n) is 18.6. The van der Waals surface area contributed by atoms with Crippen LogP contribution in [0.25, 0.3) is 6.08 Å². The molecule has 34 heavy (non-hydrogen) atoms. The topological polar surface area (TPSA) is 96.4 Å². The molecule has 0 saturated carbocycles. The molecule has 1 atom stereocenters. The molecule has 0 fully saturated rings. The lowest BCUT2D eigenvalue weighted by Gasteiger charge is -2.13. The number of benzene rings is 2. The minimum atomic E-state index is -3.61. The Morgan fingerprint density at radius 1 is 1.09 bits per heavy atom. The number of rotatable bonds is 12. The van der Waals surface area contributed by atoms with Crippen molar-refractivity contribution in [1.82, 2.24) is 9.71 Å². The molecular weight excluding hydrogens is 472 g/mol. The summed E-state index contributed by atoms with van der Waals surface area (Å²) in [6, 6.07) is 17.1. The van der Waals surface area contributed by atoms with Crippen LogP contribution in [0.1, 0.15) is 41.9 Å². The molecular formula is C26H27ClN2O4S. The fourth-order valence-electron chi connectivity index (χ4n) is 3.51. The molecule has 178 valence electrons. The van der Waals surface area contributed by atoms with Gasteiger partial charge in [-0.05, 0) is 72.7 Å². The highest BCUT2D eigenvalue weighted by Gasteiger charge is 2.19. The van der Waals surface area contributed by atoms with E-state index in [2.05, 4.69) is 9.71 Å². The molecule has 0 aliphatic rings. The minimum absolute atomic E-state index is 0.159. The number of hydrogen-bond acceptors (Lipinski definition) is 4. The molecule has 2 N–H and O–H groups in total. The number of hydrogen-bond donors (Lipinski definition) is 2. The average molecular weight is 499 g/mol. The van der Waals surface area contributed by atoms with Gasteiger partial charge in [-0.25, -0.2) is 13.1 Å². The second-order valence-corrected chi connectivity index (χ2v) is 10.1. The van der Waals surface area contributed by atoms with Gasteiger partial charge in [0, 0.05) is 24.0 Å². The van der Waals surface area contributed by atoms with Gasteiger partial charge in [0.2, 0.25) is 10.0 Å². The molecule has 3 rings (SSSR count). The number of unbranched alkanes of at least 4 members (excludes halogenated alkanes) is 1. The second-order valence-electron chi connectivity index (χ2n) is 7.85. The normalized spacial score (nSPS) is 12.6. The van der Waals surface area contributed by atoms with Gasteiger partial charge in [-0.1, -0.05) is 54.1 Å². The van der Waals surface area contributed by atoms with E-state index in [1.54, 1.807) is 12.4 Å². The van der Waals surface area contributed by atoms with E-state index in [1.807, 2.05) is 48.6 Å². The summed E-state index contributed by atoms with van der Waals surface area (Å²) >= 11 is 5.81. The quantitative estimate of drug-likeness (QED) is 0.330. The van der Waals surface area contributed by atoms with E-state index in [9.17, 15) is 18.3 Å². The lowest BCUT2D eigenvalue weighted by Crippen LogP contribution is -2.26. The van der Waals surface area contributed by atoms with Gasteiger partial charge in [0.05, 0.1) is 10.8 Å². The summed E-state index contributed by atoms with van der Waals surface area (Å²) in [5.74, 6) is -1.43.